The minimum Gasteiger partial charge on any atom is -0.504 e. The topological polar surface area (TPSA) is 70.2 Å². The lowest BCUT2D eigenvalue weighted by atomic mass is 10.0. The molecule has 2 aromatic rings. The second-order valence-corrected chi connectivity index (χ2v) is 4.57. The summed E-state index contributed by atoms with van der Waals surface area (Å²) in [5.41, 5.74) is 4.30. The van der Waals surface area contributed by atoms with Crippen LogP contribution in [0.2, 0.25) is 0 Å². The number of nitrogens with one attached hydrogen (secondary N) is 2. The summed E-state index contributed by atoms with van der Waals surface area (Å²) in [6.45, 7) is 4.23. The first-order valence-electron chi connectivity index (χ1n) is 6.52. The van der Waals surface area contributed by atoms with Gasteiger partial charge in [0.15, 0.2) is 11.5 Å². The van der Waals surface area contributed by atoms with Gasteiger partial charge in [-0.15, -0.1) is 0 Å². The third-order valence-electron chi connectivity index (χ3n) is 3.34. The van der Waals surface area contributed by atoms with Crippen molar-refractivity contribution in [3.63, 3.8) is 0 Å². The van der Waals surface area contributed by atoms with Crippen molar-refractivity contribution in [1.29, 1.82) is 0 Å². The third-order valence-corrected chi connectivity index (χ3v) is 3.34. The predicted molar refractivity (Wildman–Crippen MR) is 72.3 cm³/mol. The van der Waals surface area contributed by atoms with Crippen LogP contribution in [0.5, 0.6) is 11.5 Å². The molecule has 0 atom stereocenters. The van der Waals surface area contributed by atoms with Crippen LogP contribution >= 0.6 is 0 Å². The Morgan fingerprint density at radius 3 is 3.16 bits per heavy atom. The first kappa shape index (κ1) is 12.0. The van der Waals surface area contributed by atoms with Crippen LogP contribution in [0.3, 0.4) is 0 Å². The quantitative estimate of drug-likeness (QED) is 0.786. The molecule has 0 saturated carbocycles. The molecule has 1 aromatic carbocycles. The van der Waals surface area contributed by atoms with Crippen LogP contribution in [0.25, 0.3) is 11.3 Å². The van der Waals surface area contributed by atoms with Crippen LogP contribution in [0, 0.1) is 0 Å². The number of rotatable bonds is 3. The molecule has 3 rings (SSSR count). The molecule has 1 aliphatic heterocycles. The maximum absolute atomic E-state index is 9.74. The minimum absolute atomic E-state index is 0.160. The molecule has 0 amide bonds. The Balaban J connectivity index is 2.02. The lowest BCUT2D eigenvalue weighted by molar-refractivity contribution is 0.318. The molecule has 3 N–H and O–H groups in total. The van der Waals surface area contributed by atoms with Crippen LogP contribution in [0.4, 0.5) is 0 Å². The summed E-state index contributed by atoms with van der Waals surface area (Å²) in [5, 5.41) is 20.6. The Morgan fingerprint density at radius 2 is 2.32 bits per heavy atom. The SMILES string of the molecule is CCOc1cc(-c2n[nH]c3c2CNCC3)ccc1O. The molecule has 0 spiro atoms. The van der Waals surface area contributed by atoms with Crippen LogP contribution < -0.4 is 10.1 Å². The fourth-order valence-corrected chi connectivity index (χ4v) is 2.40. The molecule has 0 fully saturated rings. The van der Waals surface area contributed by atoms with Crippen LogP contribution in [-0.2, 0) is 13.0 Å². The van der Waals surface area contributed by atoms with Crippen LogP contribution in [0.1, 0.15) is 18.2 Å². The molecule has 0 aliphatic carbocycles. The molecule has 0 bridgehead atoms. The van der Waals surface area contributed by atoms with Crippen molar-refractivity contribution < 1.29 is 9.84 Å². The molecule has 100 valence electrons. The summed E-state index contributed by atoms with van der Waals surface area (Å²) in [4.78, 5) is 0. The molecule has 19 heavy (non-hydrogen) atoms. The molecular weight excluding hydrogens is 242 g/mol. The Kier molecular flexibility index (Phi) is 3.13. The zero-order chi connectivity index (χ0) is 13.2. The largest absolute Gasteiger partial charge is 0.504 e. The molecule has 1 aromatic heterocycles. The number of phenolic OH excluding ortho intramolecular Hbond substituents is 1. The van der Waals surface area contributed by atoms with Gasteiger partial charge in [-0.3, -0.25) is 5.10 Å². The average molecular weight is 259 g/mol. The smallest absolute Gasteiger partial charge is 0.161 e. The number of aromatic amines is 1. The fraction of sp³-hybridized carbons (Fsp3) is 0.357. The molecule has 0 radical (unpaired) electrons. The highest BCUT2D eigenvalue weighted by molar-refractivity contribution is 5.67. The van der Waals surface area contributed by atoms with Crippen molar-refractivity contribution in [3.8, 4) is 22.8 Å². The number of H-pyrrole nitrogens is 1. The van der Waals surface area contributed by atoms with Gasteiger partial charge in [0.25, 0.3) is 0 Å². The van der Waals surface area contributed by atoms with Gasteiger partial charge in [-0.1, -0.05) is 0 Å². The summed E-state index contributed by atoms with van der Waals surface area (Å²) < 4.78 is 5.42. The first-order chi connectivity index (χ1) is 9.29. The predicted octanol–water partition coefficient (Wildman–Crippen LogP) is 1.83. The summed E-state index contributed by atoms with van der Waals surface area (Å²) in [7, 11) is 0. The van der Waals surface area contributed by atoms with Gasteiger partial charge in [-0.2, -0.15) is 5.10 Å². The maximum atomic E-state index is 9.74. The second-order valence-electron chi connectivity index (χ2n) is 4.57. The molecule has 5 nitrogen and oxygen atoms in total. The van der Waals surface area contributed by atoms with Gasteiger partial charge in [0.1, 0.15) is 0 Å². The van der Waals surface area contributed by atoms with E-state index in [4.69, 9.17) is 4.74 Å². The van der Waals surface area contributed by atoms with E-state index < -0.39 is 0 Å². The zero-order valence-corrected chi connectivity index (χ0v) is 10.9. The van der Waals surface area contributed by atoms with E-state index in [9.17, 15) is 5.11 Å². The van der Waals surface area contributed by atoms with Gasteiger partial charge in [0, 0.05) is 36.3 Å². The average Bonchev–Trinajstić information content (AvgIpc) is 2.85. The van der Waals surface area contributed by atoms with Crippen LogP contribution in [0.15, 0.2) is 18.2 Å². The number of ether oxygens (including phenoxy) is 1. The van der Waals surface area contributed by atoms with Crippen molar-refractivity contribution in [1.82, 2.24) is 15.5 Å². The van der Waals surface area contributed by atoms with E-state index in [2.05, 4.69) is 15.5 Å². The number of aromatic hydroxyl groups is 1. The van der Waals surface area contributed by atoms with E-state index in [0.29, 0.717) is 12.4 Å². The van der Waals surface area contributed by atoms with Crippen molar-refractivity contribution in [3.05, 3.63) is 29.5 Å². The van der Waals surface area contributed by atoms with E-state index in [1.807, 2.05) is 19.1 Å². The Bertz CT molecular complexity index is 592. The van der Waals surface area contributed by atoms with Gasteiger partial charge in [0.2, 0.25) is 0 Å². The van der Waals surface area contributed by atoms with Crippen molar-refractivity contribution in [2.75, 3.05) is 13.2 Å². The number of hydrogen-bond acceptors (Lipinski definition) is 4. The van der Waals surface area contributed by atoms with Crippen molar-refractivity contribution >= 4 is 0 Å². The highest BCUT2D eigenvalue weighted by atomic mass is 16.5. The van der Waals surface area contributed by atoms with Gasteiger partial charge in [-0.25, -0.2) is 0 Å². The van der Waals surface area contributed by atoms with E-state index in [-0.39, 0.29) is 5.75 Å². The first-order valence-corrected chi connectivity index (χ1v) is 6.52. The Labute approximate surface area is 111 Å². The third kappa shape index (κ3) is 2.17. The van der Waals surface area contributed by atoms with Gasteiger partial charge >= 0.3 is 0 Å². The molecule has 1 aliphatic rings. The highest BCUT2D eigenvalue weighted by Gasteiger charge is 2.18. The van der Waals surface area contributed by atoms with Crippen LogP contribution in [-0.4, -0.2) is 28.5 Å². The molecule has 0 unspecified atom stereocenters. The minimum atomic E-state index is 0.160. The van der Waals surface area contributed by atoms with E-state index in [1.54, 1.807) is 6.07 Å². The molecule has 0 saturated heterocycles. The number of benzene rings is 1. The summed E-state index contributed by atoms with van der Waals surface area (Å²) in [6, 6.07) is 5.35. The van der Waals surface area contributed by atoms with Gasteiger partial charge < -0.3 is 15.2 Å². The number of aromatic nitrogens is 2. The van der Waals surface area contributed by atoms with Gasteiger partial charge in [-0.05, 0) is 25.1 Å². The molecule has 5 heteroatoms. The Hall–Kier alpha value is -2.01. The lowest BCUT2D eigenvalue weighted by Gasteiger charge is -2.13. The van der Waals surface area contributed by atoms with Crippen molar-refractivity contribution in [2.24, 2.45) is 0 Å². The fourth-order valence-electron chi connectivity index (χ4n) is 2.40. The lowest BCUT2D eigenvalue weighted by Crippen LogP contribution is -2.23. The number of phenols is 1. The summed E-state index contributed by atoms with van der Waals surface area (Å²) >= 11 is 0. The number of hydrogen-bond donors (Lipinski definition) is 3. The van der Waals surface area contributed by atoms with Gasteiger partial charge in [0.05, 0.1) is 12.3 Å². The highest BCUT2D eigenvalue weighted by Crippen LogP contribution is 2.33. The normalized spacial score (nSPS) is 14.2. The second kappa shape index (κ2) is 4.93. The molecular formula is C14H17N3O2. The molecule has 2 heterocycles. The van der Waals surface area contributed by atoms with Crippen molar-refractivity contribution in [2.45, 2.75) is 19.9 Å². The zero-order valence-electron chi connectivity index (χ0n) is 10.9. The maximum Gasteiger partial charge on any atom is 0.161 e. The summed E-state index contributed by atoms with van der Waals surface area (Å²) in [6.07, 6.45) is 0.971. The number of fused-ring (bicyclic) bond motifs is 1. The monoisotopic (exact) mass is 259 g/mol. The number of nitrogens with zero attached hydrogens (tertiary/aromatic N) is 1. The van der Waals surface area contributed by atoms with E-state index in [1.165, 1.54) is 11.3 Å². The van der Waals surface area contributed by atoms with E-state index in [0.717, 1.165) is 30.8 Å². The standard InChI is InChI=1S/C14H17N3O2/c1-2-19-13-7-9(3-4-12(13)18)14-10-8-15-6-5-11(10)16-17-14/h3-4,7,15,18H,2,5-6,8H2,1H3,(H,16,17). The Morgan fingerprint density at radius 1 is 1.42 bits per heavy atom. The summed E-state index contributed by atoms with van der Waals surface area (Å²) in [5.74, 6) is 0.661. The van der Waals surface area contributed by atoms with E-state index >= 15 is 0 Å².